The van der Waals surface area contributed by atoms with Crippen LogP contribution in [-0.2, 0) is 16.1 Å². The zero-order valence-corrected chi connectivity index (χ0v) is 12.2. The molecule has 0 amide bonds. The van der Waals surface area contributed by atoms with E-state index in [1.54, 1.807) is 13.2 Å². The van der Waals surface area contributed by atoms with E-state index in [0.29, 0.717) is 24.5 Å². The molecular weight excluding hydrogens is 272 g/mol. The highest BCUT2D eigenvalue weighted by Crippen LogP contribution is 2.21. The van der Waals surface area contributed by atoms with Gasteiger partial charge in [-0.25, -0.2) is 0 Å². The largest absolute Gasteiger partial charge is 0.496 e. The van der Waals surface area contributed by atoms with Crippen LogP contribution >= 0.6 is 0 Å². The fourth-order valence-corrected chi connectivity index (χ4v) is 2.34. The third kappa shape index (κ3) is 4.34. The normalized spacial score (nSPS) is 19.5. The maximum absolute atomic E-state index is 8.73. The Bertz CT molecular complexity index is 485. The molecule has 1 aromatic rings. The van der Waals surface area contributed by atoms with Gasteiger partial charge in [-0.05, 0) is 37.0 Å². The van der Waals surface area contributed by atoms with E-state index in [0.717, 1.165) is 25.0 Å². The van der Waals surface area contributed by atoms with Crippen LogP contribution in [0.25, 0.3) is 0 Å². The van der Waals surface area contributed by atoms with Crippen LogP contribution in [0.5, 0.6) is 5.75 Å². The Kier molecular flexibility index (Phi) is 5.83. The van der Waals surface area contributed by atoms with Gasteiger partial charge in [-0.3, -0.25) is 0 Å². The summed E-state index contributed by atoms with van der Waals surface area (Å²) in [6.45, 7) is 1.91. The minimum atomic E-state index is 0.0231. The topological polar surface area (TPSA) is 86.3 Å². The minimum Gasteiger partial charge on any atom is -0.496 e. The Morgan fingerprint density at radius 2 is 2.33 bits per heavy atom. The number of hydrogen-bond donors (Lipinski definition) is 2. The molecule has 2 rings (SSSR count). The molecule has 1 fully saturated rings. The van der Waals surface area contributed by atoms with Crippen LogP contribution in [0.4, 0.5) is 0 Å². The summed E-state index contributed by atoms with van der Waals surface area (Å²) in [7, 11) is 1.55. The first-order chi connectivity index (χ1) is 10.2. The molecule has 116 valence electrons. The molecule has 1 aliphatic heterocycles. The lowest BCUT2D eigenvalue weighted by Gasteiger charge is -2.22. The number of amidine groups is 1. The van der Waals surface area contributed by atoms with Gasteiger partial charge in [-0.2, -0.15) is 0 Å². The fourth-order valence-electron chi connectivity index (χ4n) is 2.34. The fraction of sp³-hybridized carbons (Fsp3) is 0.533. The molecule has 1 atom stereocenters. The summed E-state index contributed by atoms with van der Waals surface area (Å²) >= 11 is 0. The van der Waals surface area contributed by atoms with E-state index in [2.05, 4.69) is 5.16 Å². The van der Waals surface area contributed by atoms with Gasteiger partial charge in [0.2, 0.25) is 0 Å². The molecule has 0 aliphatic carbocycles. The Labute approximate surface area is 124 Å². The average Bonchev–Trinajstić information content (AvgIpc) is 2.55. The predicted molar refractivity (Wildman–Crippen MR) is 78.8 cm³/mol. The van der Waals surface area contributed by atoms with Crippen molar-refractivity contribution in [1.82, 2.24) is 0 Å². The van der Waals surface area contributed by atoms with Crippen LogP contribution in [-0.4, -0.2) is 37.5 Å². The molecule has 6 nitrogen and oxygen atoms in total. The van der Waals surface area contributed by atoms with Crippen molar-refractivity contribution < 1.29 is 19.4 Å². The molecule has 1 unspecified atom stereocenters. The Morgan fingerprint density at radius 3 is 3.00 bits per heavy atom. The van der Waals surface area contributed by atoms with E-state index in [-0.39, 0.29) is 11.9 Å². The second kappa shape index (κ2) is 7.85. The molecule has 0 radical (unpaired) electrons. The van der Waals surface area contributed by atoms with E-state index in [4.69, 9.17) is 25.2 Å². The van der Waals surface area contributed by atoms with Crippen molar-refractivity contribution in [2.45, 2.75) is 32.0 Å². The van der Waals surface area contributed by atoms with Gasteiger partial charge in [-0.15, -0.1) is 0 Å². The zero-order valence-electron chi connectivity index (χ0n) is 12.2. The van der Waals surface area contributed by atoms with E-state index < -0.39 is 0 Å². The molecule has 0 saturated carbocycles. The molecule has 6 heteroatoms. The van der Waals surface area contributed by atoms with Gasteiger partial charge in [-0.1, -0.05) is 11.2 Å². The van der Waals surface area contributed by atoms with Crippen LogP contribution in [0.2, 0.25) is 0 Å². The number of nitrogens with two attached hydrogens (primary N) is 1. The van der Waals surface area contributed by atoms with E-state index in [1.807, 2.05) is 12.1 Å². The highest BCUT2D eigenvalue weighted by Gasteiger charge is 2.14. The second-order valence-electron chi connectivity index (χ2n) is 5.02. The number of ether oxygens (including phenoxy) is 3. The van der Waals surface area contributed by atoms with Gasteiger partial charge < -0.3 is 25.2 Å². The maximum Gasteiger partial charge on any atom is 0.173 e. The summed E-state index contributed by atoms with van der Waals surface area (Å²) in [6.07, 6.45) is 3.61. The van der Waals surface area contributed by atoms with Crippen LogP contribution in [0.15, 0.2) is 23.4 Å². The summed E-state index contributed by atoms with van der Waals surface area (Å²) < 4.78 is 16.6. The van der Waals surface area contributed by atoms with Crippen molar-refractivity contribution in [3.05, 3.63) is 29.3 Å². The number of nitrogens with zero attached hydrogens (tertiary/aromatic N) is 1. The number of rotatable bonds is 6. The Morgan fingerprint density at radius 1 is 1.48 bits per heavy atom. The lowest BCUT2D eigenvalue weighted by molar-refractivity contribution is -0.0447. The molecule has 1 heterocycles. The summed E-state index contributed by atoms with van der Waals surface area (Å²) in [5.74, 6) is 0.579. The minimum absolute atomic E-state index is 0.0231. The number of benzene rings is 1. The SMILES string of the molecule is COc1cc(COCC2CCCCO2)ccc1/C(N)=N/O. The molecule has 1 aliphatic rings. The summed E-state index contributed by atoms with van der Waals surface area (Å²) in [5, 5.41) is 11.7. The average molecular weight is 294 g/mol. The third-order valence-electron chi connectivity index (χ3n) is 3.50. The lowest BCUT2D eigenvalue weighted by atomic mass is 10.1. The summed E-state index contributed by atoms with van der Waals surface area (Å²) in [5.41, 5.74) is 7.12. The molecule has 0 spiro atoms. The van der Waals surface area contributed by atoms with Crippen LogP contribution in [0.1, 0.15) is 30.4 Å². The molecule has 0 bridgehead atoms. The van der Waals surface area contributed by atoms with Gasteiger partial charge in [0, 0.05) is 6.61 Å². The predicted octanol–water partition coefficient (Wildman–Crippen LogP) is 1.88. The van der Waals surface area contributed by atoms with Gasteiger partial charge in [0.1, 0.15) is 5.75 Å². The molecular formula is C15H22N2O4. The van der Waals surface area contributed by atoms with Crippen molar-refractivity contribution in [3.8, 4) is 5.75 Å². The highest BCUT2D eigenvalue weighted by molar-refractivity contribution is 5.99. The highest BCUT2D eigenvalue weighted by atomic mass is 16.5. The van der Waals surface area contributed by atoms with Crippen molar-refractivity contribution >= 4 is 5.84 Å². The molecule has 1 saturated heterocycles. The summed E-state index contributed by atoms with van der Waals surface area (Å²) in [4.78, 5) is 0. The number of oxime groups is 1. The third-order valence-corrected chi connectivity index (χ3v) is 3.50. The molecule has 1 aromatic carbocycles. The first kappa shape index (κ1) is 15.6. The van der Waals surface area contributed by atoms with E-state index in [1.165, 1.54) is 6.42 Å². The van der Waals surface area contributed by atoms with Gasteiger partial charge in [0.25, 0.3) is 0 Å². The lowest BCUT2D eigenvalue weighted by Crippen LogP contribution is -2.24. The van der Waals surface area contributed by atoms with Gasteiger partial charge >= 0.3 is 0 Å². The second-order valence-corrected chi connectivity index (χ2v) is 5.02. The van der Waals surface area contributed by atoms with Crippen LogP contribution in [0.3, 0.4) is 0 Å². The monoisotopic (exact) mass is 294 g/mol. The number of methoxy groups -OCH3 is 1. The van der Waals surface area contributed by atoms with Crippen molar-refractivity contribution in [1.29, 1.82) is 0 Å². The first-order valence-electron chi connectivity index (χ1n) is 7.08. The molecule has 0 aromatic heterocycles. The quantitative estimate of drug-likeness (QED) is 0.362. The van der Waals surface area contributed by atoms with Gasteiger partial charge in [0.05, 0.1) is 32.0 Å². The van der Waals surface area contributed by atoms with Crippen molar-refractivity contribution in [2.24, 2.45) is 10.9 Å². The van der Waals surface area contributed by atoms with Crippen LogP contribution < -0.4 is 10.5 Å². The Hall–Kier alpha value is -1.79. The maximum atomic E-state index is 8.73. The Balaban J connectivity index is 1.91. The van der Waals surface area contributed by atoms with Crippen LogP contribution in [0, 0.1) is 0 Å². The van der Waals surface area contributed by atoms with Crippen molar-refractivity contribution in [3.63, 3.8) is 0 Å². The van der Waals surface area contributed by atoms with Gasteiger partial charge in [0.15, 0.2) is 5.84 Å². The summed E-state index contributed by atoms with van der Waals surface area (Å²) in [6, 6.07) is 5.45. The number of hydrogen-bond acceptors (Lipinski definition) is 5. The first-order valence-corrected chi connectivity index (χ1v) is 7.08. The standard InChI is InChI=1S/C15H22N2O4/c1-19-14-8-11(5-6-13(14)15(16)17-18)9-20-10-12-4-2-3-7-21-12/h5-6,8,12,18H,2-4,7,9-10H2,1H3,(H2,16,17). The van der Waals surface area contributed by atoms with Crippen molar-refractivity contribution in [2.75, 3.05) is 20.3 Å². The van der Waals surface area contributed by atoms with E-state index in [9.17, 15) is 0 Å². The molecule has 21 heavy (non-hydrogen) atoms. The smallest absolute Gasteiger partial charge is 0.173 e. The zero-order chi connectivity index (χ0) is 15.1. The van der Waals surface area contributed by atoms with E-state index >= 15 is 0 Å². The molecule has 3 N–H and O–H groups in total.